The van der Waals surface area contributed by atoms with E-state index in [-0.39, 0.29) is 5.97 Å². The van der Waals surface area contributed by atoms with Crippen molar-refractivity contribution in [2.45, 2.75) is 50.8 Å². The van der Waals surface area contributed by atoms with Crippen molar-refractivity contribution in [1.82, 2.24) is 4.90 Å². The lowest BCUT2D eigenvalue weighted by Gasteiger charge is -2.43. The molecular weight excluding hydrogens is 310 g/mol. The Morgan fingerprint density at radius 3 is 2.92 bits per heavy atom. The van der Waals surface area contributed by atoms with Crippen LogP contribution in [0.5, 0.6) is 0 Å². The highest BCUT2D eigenvalue weighted by atomic mass is 16.6. The molecule has 1 aliphatic carbocycles. The monoisotopic (exact) mass is 331 g/mol. The Morgan fingerprint density at radius 2 is 2.08 bits per heavy atom. The standard InChI is InChI=1S/C22H21NO2/c1-14-7-3-4-8-16(14)10-11-17-18-13-20(24)25-22(18)19-9-5-6-12-23(19)15(2)21(17)22/h3-4,7-8,13,15,19H,5-6,9,12H2,1-2H3/t15-,19?,22-/m0/s1. The smallest absolute Gasteiger partial charge is 0.332 e. The summed E-state index contributed by atoms with van der Waals surface area (Å²) in [4.78, 5) is 14.6. The average molecular weight is 331 g/mol. The van der Waals surface area contributed by atoms with E-state index in [9.17, 15) is 4.79 Å². The summed E-state index contributed by atoms with van der Waals surface area (Å²) >= 11 is 0. The summed E-state index contributed by atoms with van der Waals surface area (Å²) in [7, 11) is 0. The van der Waals surface area contributed by atoms with E-state index in [2.05, 4.69) is 36.7 Å². The number of benzene rings is 1. The van der Waals surface area contributed by atoms with Crippen LogP contribution >= 0.6 is 0 Å². The predicted molar refractivity (Wildman–Crippen MR) is 95.8 cm³/mol. The van der Waals surface area contributed by atoms with Crippen LogP contribution in [0.3, 0.4) is 0 Å². The molecule has 1 spiro atoms. The molecule has 3 atom stereocenters. The molecule has 1 aromatic carbocycles. The van der Waals surface area contributed by atoms with Gasteiger partial charge in [-0.3, -0.25) is 4.90 Å². The molecule has 3 nitrogen and oxygen atoms in total. The minimum absolute atomic E-state index is 0.209. The van der Waals surface area contributed by atoms with Crippen molar-refractivity contribution in [3.63, 3.8) is 0 Å². The van der Waals surface area contributed by atoms with Gasteiger partial charge in [0, 0.05) is 34.4 Å². The Kier molecular flexibility index (Phi) is 3.05. The third-order valence-corrected chi connectivity index (χ3v) is 6.26. The molecule has 1 unspecified atom stereocenters. The maximum absolute atomic E-state index is 12.1. The van der Waals surface area contributed by atoms with Gasteiger partial charge in [0.2, 0.25) is 0 Å². The number of fused-ring (bicyclic) bond motifs is 1. The summed E-state index contributed by atoms with van der Waals surface area (Å²) in [6.07, 6.45) is 5.20. The number of hydrogen-bond donors (Lipinski definition) is 0. The van der Waals surface area contributed by atoms with E-state index in [0.717, 1.165) is 29.7 Å². The summed E-state index contributed by atoms with van der Waals surface area (Å²) in [6, 6.07) is 8.76. The molecule has 3 heteroatoms. The minimum atomic E-state index is -0.493. The maximum atomic E-state index is 12.1. The van der Waals surface area contributed by atoms with Gasteiger partial charge in [-0.1, -0.05) is 36.5 Å². The molecular formula is C22H21NO2. The fourth-order valence-corrected chi connectivity index (χ4v) is 5.14. The first-order valence-electron chi connectivity index (χ1n) is 9.16. The van der Waals surface area contributed by atoms with Crippen LogP contribution in [0, 0.1) is 18.8 Å². The first kappa shape index (κ1) is 15.0. The molecule has 0 aromatic heterocycles. The largest absolute Gasteiger partial charge is 0.445 e. The number of rotatable bonds is 0. The number of carbonyl (C=O) groups is 1. The second-order valence-electron chi connectivity index (χ2n) is 7.49. The van der Waals surface area contributed by atoms with Crippen molar-refractivity contribution in [2.24, 2.45) is 0 Å². The molecule has 2 saturated heterocycles. The Morgan fingerprint density at radius 1 is 1.24 bits per heavy atom. The van der Waals surface area contributed by atoms with Crippen LogP contribution < -0.4 is 0 Å². The average Bonchev–Trinajstić information content (AvgIpc) is 3.01. The van der Waals surface area contributed by atoms with Gasteiger partial charge in [-0.15, -0.1) is 0 Å². The van der Waals surface area contributed by atoms with Gasteiger partial charge in [-0.05, 0) is 44.9 Å². The zero-order chi connectivity index (χ0) is 17.2. The summed E-state index contributed by atoms with van der Waals surface area (Å²) in [6.45, 7) is 5.40. The first-order chi connectivity index (χ1) is 12.1. The van der Waals surface area contributed by atoms with Gasteiger partial charge < -0.3 is 4.74 Å². The van der Waals surface area contributed by atoms with E-state index in [1.807, 2.05) is 18.2 Å². The lowest BCUT2D eigenvalue weighted by Crippen LogP contribution is -2.52. The van der Waals surface area contributed by atoms with Gasteiger partial charge in [0.05, 0.1) is 6.04 Å². The normalized spacial score (nSPS) is 32.7. The SMILES string of the molecule is Cc1ccccc1C#CC1=C2[C@H](C)N3CCCCC3[C@]23OC(=O)C=C13. The molecule has 0 radical (unpaired) electrons. The number of piperidine rings is 1. The Hall–Kier alpha value is -2.31. The van der Waals surface area contributed by atoms with E-state index in [0.29, 0.717) is 12.1 Å². The van der Waals surface area contributed by atoms with Crippen LogP contribution in [0.4, 0.5) is 0 Å². The summed E-state index contributed by atoms with van der Waals surface area (Å²) in [5.41, 5.74) is 5.02. The Balaban J connectivity index is 1.63. The van der Waals surface area contributed by atoms with Crippen LogP contribution in [0.1, 0.15) is 37.3 Å². The molecule has 3 aliphatic heterocycles. The molecule has 5 rings (SSSR count). The molecule has 0 saturated carbocycles. The van der Waals surface area contributed by atoms with Gasteiger partial charge in [0.25, 0.3) is 0 Å². The lowest BCUT2D eigenvalue weighted by molar-refractivity contribution is -0.146. The van der Waals surface area contributed by atoms with Gasteiger partial charge in [-0.25, -0.2) is 4.79 Å². The van der Waals surface area contributed by atoms with Crippen molar-refractivity contribution < 1.29 is 9.53 Å². The van der Waals surface area contributed by atoms with Crippen LogP contribution in [0.25, 0.3) is 0 Å². The molecule has 4 aliphatic rings. The van der Waals surface area contributed by atoms with Crippen molar-refractivity contribution in [3.8, 4) is 11.8 Å². The fraction of sp³-hybridized carbons (Fsp3) is 0.409. The Bertz CT molecular complexity index is 913. The van der Waals surface area contributed by atoms with E-state index in [4.69, 9.17) is 4.74 Å². The molecule has 0 bridgehead atoms. The van der Waals surface area contributed by atoms with Crippen LogP contribution in [0.15, 0.2) is 47.1 Å². The number of nitrogens with zero attached hydrogens (tertiary/aromatic N) is 1. The zero-order valence-electron chi connectivity index (χ0n) is 14.6. The maximum Gasteiger partial charge on any atom is 0.332 e. The lowest BCUT2D eigenvalue weighted by atomic mass is 9.65. The molecule has 1 aromatic rings. The molecule has 0 N–H and O–H groups in total. The van der Waals surface area contributed by atoms with Crippen molar-refractivity contribution in [1.29, 1.82) is 0 Å². The third-order valence-electron chi connectivity index (χ3n) is 6.26. The number of esters is 1. The first-order valence-corrected chi connectivity index (χ1v) is 9.16. The number of ether oxygens (including phenoxy) is 1. The highest BCUT2D eigenvalue weighted by Gasteiger charge is 2.68. The number of hydrogen-bond acceptors (Lipinski definition) is 3. The molecule has 0 amide bonds. The topological polar surface area (TPSA) is 29.5 Å². The van der Waals surface area contributed by atoms with Crippen molar-refractivity contribution in [3.05, 3.63) is 58.2 Å². The Labute approximate surface area is 148 Å². The molecule has 3 heterocycles. The highest BCUT2D eigenvalue weighted by Crippen LogP contribution is 2.61. The molecule has 126 valence electrons. The number of carbonyl (C=O) groups excluding carboxylic acids is 1. The second-order valence-corrected chi connectivity index (χ2v) is 7.49. The van der Waals surface area contributed by atoms with Gasteiger partial charge in [-0.2, -0.15) is 0 Å². The predicted octanol–water partition coefficient (Wildman–Crippen LogP) is 3.14. The van der Waals surface area contributed by atoms with Crippen LogP contribution in [0.2, 0.25) is 0 Å². The third kappa shape index (κ3) is 1.84. The summed E-state index contributed by atoms with van der Waals surface area (Å²) in [5.74, 6) is 6.49. The summed E-state index contributed by atoms with van der Waals surface area (Å²) < 4.78 is 5.92. The van der Waals surface area contributed by atoms with E-state index in [1.165, 1.54) is 24.0 Å². The molecule has 2 fully saturated rings. The highest BCUT2D eigenvalue weighted by molar-refractivity contribution is 5.94. The number of aryl methyl sites for hydroxylation is 1. The minimum Gasteiger partial charge on any atom is -0.445 e. The summed E-state index contributed by atoms with van der Waals surface area (Å²) in [5, 5.41) is 0. The zero-order valence-corrected chi connectivity index (χ0v) is 14.6. The molecule has 25 heavy (non-hydrogen) atoms. The second kappa shape index (κ2) is 5.09. The van der Waals surface area contributed by atoms with E-state index >= 15 is 0 Å². The van der Waals surface area contributed by atoms with Gasteiger partial charge in [0.1, 0.15) is 0 Å². The van der Waals surface area contributed by atoms with E-state index in [1.54, 1.807) is 6.08 Å². The van der Waals surface area contributed by atoms with Gasteiger partial charge in [0.15, 0.2) is 5.60 Å². The van der Waals surface area contributed by atoms with Crippen molar-refractivity contribution in [2.75, 3.05) is 6.54 Å². The van der Waals surface area contributed by atoms with Crippen molar-refractivity contribution >= 4 is 5.97 Å². The van der Waals surface area contributed by atoms with Gasteiger partial charge >= 0.3 is 5.97 Å². The van der Waals surface area contributed by atoms with Crippen LogP contribution in [-0.4, -0.2) is 35.1 Å². The quantitative estimate of drug-likeness (QED) is 0.540. The van der Waals surface area contributed by atoms with Crippen LogP contribution in [-0.2, 0) is 9.53 Å². The fourth-order valence-electron chi connectivity index (χ4n) is 5.14. The van der Waals surface area contributed by atoms with E-state index < -0.39 is 5.60 Å².